The standard InChI is InChI=1S/C12H11FN2OS/c13-10-5-3-9(4-6-10)11-14-15-12(16-11)17-7-8-1-2-8/h3-6,8H,1-2,7H2. The molecule has 1 saturated carbocycles. The van der Waals surface area contributed by atoms with Crippen LogP contribution in [0, 0.1) is 11.7 Å². The van der Waals surface area contributed by atoms with E-state index in [1.54, 1.807) is 23.9 Å². The van der Waals surface area contributed by atoms with Gasteiger partial charge in [-0.3, -0.25) is 0 Å². The van der Waals surface area contributed by atoms with E-state index in [-0.39, 0.29) is 5.82 Å². The van der Waals surface area contributed by atoms with Crippen molar-refractivity contribution >= 4 is 11.8 Å². The molecule has 0 bridgehead atoms. The summed E-state index contributed by atoms with van der Waals surface area (Å²) in [5.41, 5.74) is 0.747. The lowest BCUT2D eigenvalue weighted by atomic mass is 10.2. The second-order valence-corrected chi connectivity index (χ2v) is 5.11. The Bertz CT molecular complexity index is 507. The molecule has 0 saturated heterocycles. The molecule has 88 valence electrons. The summed E-state index contributed by atoms with van der Waals surface area (Å²) < 4.78 is 18.3. The zero-order valence-electron chi connectivity index (χ0n) is 9.10. The zero-order chi connectivity index (χ0) is 11.7. The van der Waals surface area contributed by atoms with E-state index in [2.05, 4.69) is 10.2 Å². The fraction of sp³-hybridized carbons (Fsp3) is 0.333. The van der Waals surface area contributed by atoms with Gasteiger partial charge in [-0.2, -0.15) is 0 Å². The van der Waals surface area contributed by atoms with Gasteiger partial charge < -0.3 is 4.42 Å². The largest absolute Gasteiger partial charge is 0.411 e. The predicted molar refractivity (Wildman–Crippen MR) is 63.1 cm³/mol. The molecule has 1 aliphatic carbocycles. The molecule has 5 heteroatoms. The minimum absolute atomic E-state index is 0.267. The highest BCUT2D eigenvalue weighted by Crippen LogP contribution is 2.35. The van der Waals surface area contributed by atoms with Crippen molar-refractivity contribution < 1.29 is 8.81 Å². The molecule has 17 heavy (non-hydrogen) atoms. The average molecular weight is 250 g/mol. The fourth-order valence-electron chi connectivity index (χ4n) is 1.45. The minimum Gasteiger partial charge on any atom is -0.411 e. The summed E-state index contributed by atoms with van der Waals surface area (Å²) in [6.07, 6.45) is 2.62. The van der Waals surface area contributed by atoms with Crippen molar-refractivity contribution in [3.05, 3.63) is 30.1 Å². The molecule has 1 aromatic carbocycles. The molecule has 0 spiro atoms. The quantitative estimate of drug-likeness (QED) is 0.780. The number of hydrogen-bond donors (Lipinski definition) is 0. The van der Waals surface area contributed by atoms with Crippen molar-refractivity contribution in [3.8, 4) is 11.5 Å². The monoisotopic (exact) mass is 250 g/mol. The van der Waals surface area contributed by atoms with Crippen molar-refractivity contribution in [1.29, 1.82) is 0 Å². The lowest BCUT2D eigenvalue weighted by molar-refractivity contribution is 0.465. The van der Waals surface area contributed by atoms with E-state index < -0.39 is 0 Å². The molecule has 1 aliphatic rings. The number of halogens is 1. The number of hydrogen-bond acceptors (Lipinski definition) is 4. The molecule has 0 radical (unpaired) electrons. The van der Waals surface area contributed by atoms with Crippen molar-refractivity contribution in [2.24, 2.45) is 5.92 Å². The third-order valence-electron chi connectivity index (χ3n) is 2.64. The lowest BCUT2D eigenvalue weighted by Gasteiger charge is -1.94. The second-order valence-electron chi connectivity index (χ2n) is 4.13. The Kier molecular flexibility index (Phi) is 2.84. The molecule has 3 rings (SSSR count). The molecule has 0 atom stereocenters. The summed E-state index contributed by atoms with van der Waals surface area (Å²) in [7, 11) is 0. The van der Waals surface area contributed by atoms with Gasteiger partial charge in [0, 0.05) is 11.3 Å². The van der Waals surface area contributed by atoms with E-state index in [0.29, 0.717) is 11.1 Å². The highest BCUT2D eigenvalue weighted by atomic mass is 32.2. The normalized spacial score (nSPS) is 15.1. The van der Waals surface area contributed by atoms with Crippen LogP contribution in [-0.4, -0.2) is 16.0 Å². The number of nitrogens with zero attached hydrogens (tertiary/aromatic N) is 2. The molecule has 3 nitrogen and oxygen atoms in total. The third kappa shape index (κ3) is 2.66. The van der Waals surface area contributed by atoms with Gasteiger partial charge >= 0.3 is 0 Å². The molecule has 1 fully saturated rings. The van der Waals surface area contributed by atoms with Gasteiger partial charge in [0.1, 0.15) is 5.82 Å². The maximum atomic E-state index is 12.8. The van der Waals surface area contributed by atoms with Crippen LogP contribution in [0.5, 0.6) is 0 Å². The van der Waals surface area contributed by atoms with E-state index in [1.807, 2.05) is 0 Å². The van der Waals surface area contributed by atoms with Gasteiger partial charge in [-0.1, -0.05) is 11.8 Å². The Morgan fingerprint density at radius 3 is 2.71 bits per heavy atom. The van der Waals surface area contributed by atoms with Crippen molar-refractivity contribution in [2.75, 3.05) is 5.75 Å². The molecular formula is C12H11FN2OS. The van der Waals surface area contributed by atoms with Crippen LogP contribution in [0.4, 0.5) is 4.39 Å². The fourth-order valence-corrected chi connectivity index (χ4v) is 2.40. The van der Waals surface area contributed by atoms with E-state index in [9.17, 15) is 4.39 Å². The molecule has 0 unspecified atom stereocenters. The Morgan fingerprint density at radius 2 is 2.00 bits per heavy atom. The lowest BCUT2D eigenvalue weighted by Crippen LogP contribution is -1.80. The molecule has 2 aromatic rings. The van der Waals surface area contributed by atoms with Gasteiger partial charge in [-0.05, 0) is 43.0 Å². The van der Waals surface area contributed by atoms with E-state index in [1.165, 1.54) is 25.0 Å². The van der Waals surface area contributed by atoms with Crippen LogP contribution in [0.1, 0.15) is 12.8 Å². The van der Waals surface area contributed by atoms with Crippen molar-refractivity contribution in [2.45, 2.75) is 18.1 Å². The average Bonchev–Trinajstić information content (AvgIpc) is 3.06. The summed E-state index contributed by atoms with van der Waals surface area (Å²) in [6.45, 7) is 0. The zero-order valence-corrected chi connectivity index (χ0v) is 9.91. The summed E-state index contributed by atoms with van der Waals surface area (Å²) in [4.78, 5) is 0. The Morgan fingerprint density at radius 1 is 1.24 bits per heavy atom. The topological polar surface area (TPSA) is 38.9 Å². The van der Waals surface area contributed by atoms with Crippen LogP contribution in [0.15, 0.2) is 33.9 Å². The van der Waals surface area contributed by atoms with Crippen LogP contribution in [0.3, 0.4) is 0 Å². The summed E-state index contributed by atoms with van der Waals surface area (Å²) in [5, 5.41) is 8.52. The van der Waals surface area contributed by atoms with E-state index in [4.69, 9.17) is 4.42 Å². The second kappa shape index (κ2) is 4.49. The molecule has 0 N–H and O–H groups in total. The van der Waals surface area contributed by atoms with Gasteiger partial charge in [0.25, 0.3) is 5.22 Å². The maximum absolute atomic E-state index is 12.8. The maximum Gasteiger partial charge on any atom is 0.276 e. The Balaban J connectivity index is 1.72. The highest BCUT2D eigenvalue weighted by molar-refractivity contribution is 7.99. The Hall–Kier alpha value is -1.36. The molecular weight excluding hydrogens is 239 g/mol. The summed E-state index contributed by atoms with van der Waals surface area (Å²) in [6, 6.07) is 6.05. The van der Waals surface area contributed by atoms with Crippen LogP contribution in [0.25, 0.3) is 11.5 Å². The first-order chi connectivity index (χ1) is 8.31. The first-order valence-corrected chi connectivity index (χ1v) is 6.52. The molecule has 0 aliphatic heterocycles. The first kappa shape index (κ1) is 10.8. The minimum atomic E-state index is -0.267. The predicted octanol–water partition coefficient (Wildman–Crippen LogP) is 3.38. The van der Waals surface area contributed by atoms with E-state index >= 15 is 0 Å². The molecule has 0 amide bonds. The van der Waals surface area contributed by atoms with Gasteiger partial charge in [-0.25, -0.2) is 4.39 Å². The van der Waals surface area contributed by atoms with Gasteiger partial charge in [0.15, 0.2) is 0 Å². The molecule has 1 aromatic heterocycles. The van der Waals surface area contributed by atoms with Crippen LogP contribution >= 0.6 is 11.8 Å². The highest BCUT2D eigenvalue weighted by Gasteiger charge is 2.22. The first-order valence-electron chi connectivity index (χ1n) is 5.53. The SMILES string of the molecule is Fc1ccc(-c2nnc(SCC3CC3)o2)cc1. The summed E-state index contributed by atoms with van der Waals surface area (Å²) in [5.74, 6) is 2.05. The smallest absolute Gasteiger partial charge is 0.276 e. The summed E-state index contributed by atoms with van der Waals surface area (Å²) >= 11 is 1.60. The van der Waals surface area contributed by atoms with Crippen LogP contribution in [-0.2, 0) is 0 Å². The number of benzene rings is 1. The molecule has 1 heterocycles. The van der Waals surface area contributed by atoms with Crippen LogP contribution in [0.2, 0.25) is 0 Å². The van der Waals surface area contributed by atoms with Crippen molar-refractivity contribution in [1.82, 2.24) is 10.2 Å². The van der Waals surface area contributed by atoms with Gasteiger partial charge in [0.2, 0.25) is 5.89 Å². The van der Waals surface area contributed by atoms with Gasteiger partial charge in [0.05, 0.1) is 0 Å². The van der Waals surface area contributed by atoms with Crippen molar-refractivity contribution in [3.63, 3.8) is 0 Å². The van der Waals surface area contributed by atoms with E-state index in [0.717, 1.165) is 17.2 Å². The number of aromatic nitrogens is 2. The van der Waals surface area contributed by atoms with Gasteiger partial charge in [-0.15, -0.1) is 10.2 Å². The number of thioether (sulfide) groups is 1. The third-order valence-corrected chi connectivity index (χ3v) is 3.69. The number of rotatable bonds is 4. The van der Waals surface area contributed by atoms with Crippen LogP contribution < -0.4 is 0 Å². The Labute approximate surface area is 102 Å².